The van der Waals surface area contributed by atoms with Gasteiger partial charge in [0, 0.05) is 0 Å². The molecule has 0 unspecified atom stereocenters. The predicted octanol–water partition coefficient (Wildman–Crippen LogP) is 4.02. The summed E-state index contributed by atoms with van der Waals surface area (Å²) in [7, 11) is 0. The van der Waals surface area contributed by atoms with Crippen LogP contribution in [0.2, 0.25) is 0 Å². The highest BCUT2D eigenvalue weighted by Crippen LogP contribution is 2.33. The summed E-state index contributed by atoms with van der Waals surface area (Å²) in [6.45, 7) is 6.50. The average molecular weight is 320 g/mol. The fourth-order valence-corrected chi connectivity index (χ4v) is 2.47. The Kier molecular flexibility index (Phi) is 8.38. The molecule has 23 heavy (non-hydrogen) atoms. The maximum Gasteiger partial charge on any atom is 0.328 e. The van der Waals surface area contributed by atoms with E-state index >= 15 is 0 Å². The van der Waals surface area contributed by atoms with Gasteiger partial charge in [0.15, 0.2) is 5.41 Å². The molecule has 0 N–H and O–H groups in total. The van der Waals surface area contributed by atoms with Gasteiger partial charge in [-0.25, -0.2) is 0 Å². The molecule has 0 spiro atoms. The van der Waals surface area contributed by atoms with E-state index in [0.717, 1.165) is 12.8 Å². The number of benzene rings is 1. The van der Waals surface area contributed by atoms with E-state index in [1.807, 2.05) is 39.0 Å². The second-order valence-electron chi connectivity index (χ2n) is 5.65. The van der Waals surface area contributed by atoms with Crippen molar-refractivity contribution in [1.29, 1.82) is 0 Å². The van der Waals surface area contributed by atoms with Gasteiger partial charge in [-0.05, 0) is 24.8 Å². The molecule has 4 nitrogen and oxygen atoms in total. The first-order valence-electron chi connectivity index (χ1n) is 8.53. The average Bonchev–Trinajstić information content (AvgIpc) is 2.59. The van der Waals surface area contributed by atoms with E-state index in [0.29, 0.717) is 38.0 Å². The van der Waals surface area contributed by atoms with Crippen LogP contribution in [0.15, 0.2) is 30.3 Å². The molecule has 1 aromatic carbocycles. The molecule has 0 radical (unpaired) electrons. The molecule has 0 heterocycles. The third-order valence-corrected chi connectivity index (χ3v) is 3.74. The summed E-state index contributed by atoms with van der Waals surface area (Å²) in [5, 5.41) is 0. The summed E-state index contributed by atoms with van der Waals surface area (Å²) in [5.41, 5.74) is -0.711. The number of carbonyl (C=O) groups is 2. The lowest BCUT2D eigenvalue weighted by Gasteiger charge is -2.30. The van der Waals surface area contributed by atoms with Crippen LogP contribution in [0.1, 0.15) is 58.4 Å². The second kappa shape index (κ2) is 10.0. The Labute approximate surface area is 139 Å². The topological polar surface area (TPSA) is 52.6 Å². The van der Waals surface area contributed by atoms with Crippen LogP contribution in [0.4, 0.5) is 0 Å². The summed E-state index contributed by atoms with van der Waals surface area (Å²) < 4.78 is 10.7. The van der Waals surface area contributed by atoms with Crippen LogP contribution in [0.25, 0.3) is 0 Å². The lowest BCUT2D eigenvalue weighted by molar-refractivity contribution is -0.166. The minimum Gasteiger partial charge on any atom is -0.465 e. The predicted molar refractivity (Wildman–Crippen MR) is 90.1 cm³/mol. The Morgan fingerprint density at radius 3 is 1.83 bits per heavy atom. The Morgan fingerprint density at radius 1 is 0.870 bits per heavy atom. The molecule has 1 rings (SSSR count). The summed E-state index contributed by atoms with van der Waals surface area (Å²) in [6.07, 6.45) is 3.47. The molecular weight excluding hydrogens is 292 g/mol. The van der Waals surface area contributed by atoms with Crippen molar-refractivity contribution < 1.29 is 19.1 Å². The SMILES string of the molecule is CCCCC(C(=O)OCCC)(C(=O)OCCC)c1ccccc1. The fraction of sp³-hybridized carbons (Fsp3) is 0.579. The number of unbranched alkanes of at least 4 members (excludes halogenated alkanes) is 1. The van der Waals surface area contributed by atoms with Crippen LogP contribution in [0.3, 0.4) is 0 Å². The Bertz CT molecular complexity index is 461. The van der Waals surface area contributed by atoms with Crippen molar-refractivity contribution in [1.82, 2.24) is 0 Å². The van der Waals surface area contributed by atoms with Gasteiger partial charge in [0.25, 0.3) is 0 Å². The van der Waals surface area contributed by atoms with Gasteiger partial charge >= 0.3 is 11.9 Å². The molecule has 0 saturated carbocycles. The number of carbonyl (C=O) groups excluding carboxylic acids is 2. The zero-order valence-corrected chi connectivity index (χ0v) is 14.5. The molecule has 0 saturated heterocycles. The summed E-state index contributed by atoms with van der Waals surface area (Å²) in [5.74, 6) is -1.000. The van der Waals surface area contributed by atoms with E-state index in [9.17, 15) is 9.59 Å². The standard InChI is InChI=1S/C19H28O4/c1-4-7-13-19(17(20)22-14-5-2,18(21)23-15-6-3)16-11-9-8-10-12-16/h8-12H,4-7,13-15H2,1-3H3. The fourth-order valence-electron chi connectivity index (χ4n) is 2.47. The first kappa shape index (κ1) is 19.2. The van der Waals surface area contributed by atoms with Crippen LogP contribution in [-0.2, 0) is 24.5 Å². The zero-order valence-electron chi connectivity index (χ0n) is 14.5. The van der Waals surface area contributed by atoms with E-state index in [4.69, 9.17) is 9.47 Å². The number of esters is 2. The molecule has 0 aliphatic carbocycles. The van der Waals surface area contributed by atoms with E-state index in [1.54, 1.807) is 12.1 Å². The minimum absolute atomic E-state index is 0.306. The summed E-state index contributed by atoms with van der Waals surface area (Å²) in [6, 6.07) is 9.13. The van der Waals surface area contributed by atoms with E-state index in [-0.39, 0.29) is 0 Å². The largest absolute Gasteiger partial charge is 0.465 e. The van der Waals surface area contributed by atoms with E-state index < -0.39 is 17.4 Å². The van der Waals surface area contributed by atoms with Crippen molar-refractivity contribution in [2.24, 2.45) is 0 Å². The van der Waals surface area contributed by atoms with Crippen molar-refractivity contribution in [3.05, 3.63) is 35.9 Å². The first-order chi connectivity index (χ1) is 11.1. The number of hydrogen-bond acceptors (Lipinski definition) is 4. The molecule has 4 heteroatoms. The maximum atomic E-state index is 12.8. The number of rotatable bonds is 10. The van der Waals surface area contributed by atoms with Gasteiger partial charge in [0.1, 0.15) is 0 Å². The van der Waals surface area contributed by atoms with Crippen LogP contribution in [0.5, 0.6) is 0 Å². The molecule has 0 amide bonds. The lowest BCUT2D eigenvalue weighted by atomic mass is 9.76. The molecule has 128 valence electrons. The molecule has 0 aromatic heterocycles. The van der Waals surface area contributed by atoms with E-state index in [2.05, 4.69) is 0 Å². The lowest BCUT2D eigenvalue weighted by Crippen LogP contribution is -2.46. The third-order valence-electron chi connectivity index (χ3n) is 3.74. The summed E-state index contributed by atoms with van der Waals surface area (Å²) >= 11 is 0. The van der Waals surface area contributed by atoms with Gasteiger partial charge < -0.3 is 9.47 Å². The van der Waals surface area contributed by atoms with Crippen LogP contribution in [-0.4, -0.2) is 25.2 Å². The molecule has 0 atom stereocenters. The van der Waals surface area contributed by atoms with Crippen LogP contribution < -0.4 is 0 Å². The molecule has 0 aliphatic heterocycles. The quantitative estimate of drug-likeness (QED) is 0.482. The number of ether oxygens (including phenoxy) is 2. The van der Waals surface area contributed by atoms with E-state index in [1.165, 1.54) is 0 Å². The Morgan fingerprint density at radius 2 is 1.39 bits per heavy atom. The minimum atomic E-state index is -1.36. The van der Waals surface area contributed by atoms with Gasteiger partial charge in [-0.1, -0.05) is 63.9 Å². The molecular formula is C19H28O4. The summed E-state index contributed by atoms with van der Waals surface area (Å²) in [4.78, 5) is 25.6. The number of hydrogen-bond donors (Lipinski definition) is 0. The van der Waals surface area contributed by atoms with Crippen molar-refractivity contribution in [2.75, 3.05) is 13.2 Å². The molecule has 1 aromatic rings. The monoisotopic (exact) mass is 320 g/mol. The molecule has 0 aliphatic rings. The smallest absolute Gasteiger partial charge is 0.328 e. The van der Waals surface area contributed by atoms with Crippen LogP contribution in [0, 0.1) is 0 Å². The third kappa shape index (κ3) is 4.81. The van der Waals surface area contributed by atoms with Gasteiger partial charge in [0.05, 0.1) is 13.2 Å². The normalized spacial score (nSPS) is 11.1. The maximum absolute atomic E-state index is 12.8. The van der Waals surface area contributed by atoms with Crippen LogP contribution >= 0.6 is 0 Å². The highest BCUT2D eigenvalue weighted by atomic mass is 16.6. The van der Waals surface area contributed by atoms with Gasteiger partial charge in [0.2, 0.25) is 0 Å². The van der Waals surface area contributed by atoms with Gasteiger partial charge in [-0.3, -0.25) is 9.59 Å². The van der Waals surface area contributed by atoms with Crippen molar-refractivity contribution in [2.45, 2.75) is 58.3 Å². The Balaban J connectivity index is 3.26. The highest BCUT2D eigenvalue weighted by molar-refractivity contribution is 6.06. The van der Waals surface area contributed by atoms with Crippen molar-refractivity contribution in [3.63, 3.8) is 0 Å². The molecule has 0 fully saturated rings. The van der Waals surface area contributed by atoms with Crippen molar-refractivity contribution >= 4 is 11.9 Å². The zero-order chi connectivity index (χ0) is 17.1. The Hall–Kier alpha value is -1.84. The van der Waals surface area contributed by atoms with Gasteiger partial charge in [-0.2, -0.15) is 0 Å². The highest BCUT2D eigenvalue weighted by Gasteiger charge is 2.49. The van der Waals surface area contributed by atoms with Gasteiger partial charge in [-0.15, -0.1) is 0 Å². The van der Waals surface area contributed by atoms with Crippen molar-refractivity contribution in [3.8, 4) is 0 Å². The second-order valence-corrected chi connectivity index (χ2v) is 5.65. The first-order valence-corrected chi connectivity index (χ1v) is 8.53. The molecule has 0 bridgehead atoms.